The fraction of sp³-hybridized carbons (Fsp3) is 0.500. The third-order valence-electron chi connectivity index (χ3n) is 3.69. The van der Waals surface area contributed by atoms with Crippen molar-refractivity contribution < 1.29 is 18.0 Å². The number of nitrogens with one attached hydrogen (secondary N) is 1. The van der Waals surface area contributed by atoms with E-state index in [9.17, 15) is 18.0 Å². The standard InChI is InChI=1S/C14H17F3N2O/c1-13(2,8-6-7-8)19-12(20)9-4-3-5-10(11(9)18)14(15,16)17/h3-5,8H,6-7,18H2,1-2H3,(H,19,20). The van der Waals surface area contributed by atoms with E-state index in [1.807, 2.05) is 13.8 Å². The number of halogens is 3. The van der Waals surface area contributed by atoms with E-state index >= 15 is 0 Å². The van der Waals surface area contributed by atoms with Crippen LogP contribution in [-0.4, -0.2) is 11.4 Å². The number of carbonyl (C=O) groups is 1. The fourth-order valence-electron chi connectivity index (χ4n) is 2.28. The van der Waals surface area contributed by atoms with E-state index in [0.29, 0.717) is 5.92 Å². The zero-order valence-corrected chi connectivity index (χ0v) is 11.3. The van der Waals surface area contributed by atoms with Gasteiger partial charge in [-0.3, -0.25) is 4.79 Å². The predicted molar refractivity (Wildman–Crippen MR) is 70.1 cm³/mol. The zero-order chi connectivity index (χ0) is 15.1. The van der Waals surface area contributed by atoms with Gasteiger partial charge in [-0.25, -0.2) is 0 Å². The molecule has 0 spiro atoms. The van der Waals surface area contributed by atoms with Gasteiger partial charge in [0.1, 0.15) is 0 Å². The van der Waals surface area contributed by atoms with Crippen LogP contribution in [0.4, 0.5) is 18.9 Å². The molecule has 6 heteroatoms. The second-order valence-corrected chi connectivity index (χ2v) is 5.71. The van der Waals surface area contributed by atoms with Crippen LogP contribution in [0.5, 0.6) is 0 Å². The highest BCUT2D eigenvalue weighted by atomic mass is 19.4. The van der Waals surface area contributed by atoms with Gasteiger partial charge in [0.2, 0.25) is 0 Å². The van der Waals surface area contributed by atoms with E-state index in [1.165, 1.54) is 12.1 Å². The van der Waals surface area contributed by atoms with Gasteiger partial charge in [-0.2, -0.15) is 13.2 Å². The second-order valence-electron chi connectivity index (χ2n) is 5.71. The van der Waals surface area contributed by atoms with Crippen LogP contribution in [0.1, 0.15) is 42.6 Å². The first-order valence-electron chi connectivity index (χ1n) is 6.41. The van der Waals surface area contributed by atoms with Crippen LogP contribution in [0.25, 0.3) is 0 Å². The smallest absolute Gasteiger partial charge is 0.398 e. The number of benzene rings is 1. The Kier molecular flexibility index (Phi) is 3.44. The number of rotatable bonds is 3. The number of hydrogen-bond acceptors (Lipinski definition) is 2. The van der Waals surface area contributed by atoms with Gasteiger partial charge >= 0.3 is 6.18 Å². The molecule has 0 saturated heterocycles. The number of nitrogens with two attached hydrogens (primary N) is 1. The molecule has 20 heavy (non-hydrogen) atoms. The normalized spacial score (nSPS) is 16.1. The maximum absolute atomic E-state index is 12.8. The van der Waals surface area contributed by atoms with Crippen molar-refractivity contribution in [3.05, 3.63) is 29.3 Å². The summed E-state index contributed by atoms with van der Waals surface area (Å²) < 4.78 is 38.3. The quantitative estimate of drug-likeness (QED) is 0.838. The Bertz CT molecular complexity index is 534. The monoisotopic (exact) mass is 286 g/mol. The van der Waals surface area contributed by atoms with Gasteiger partial charge in [-0.1, -0.05) is 6.07 Å². The molecule has 0 radical (unpaired) electrons. The van der Waals surface area contributed by atoms with Crippen molar-refractivity contribution in [2.75, 3.05) is 5.73 Å². The Morgan fingerprint density at radius 3 is 2.40 bits per heavy atom. The summed E-state index contributed by atoms with van der Waals surface area (Å²) in [6.45, 7) is 3.73. The highest BCUT2D eigenvalue weighted by Gasteiger charge is 2.40. The van der Waals surface area contributed by atoms with Crippen LogP contribution < -0.4 is 11.1 Å². The van der Waals surface area contributed by atoms with E-state index in [4.69, 9.17) is 5.73 Å². The van der Waals surface area contributed by atoms with Crippen molar-refractivity contribution in [1.82, 2.24) is 5.32 Å². The number of carbonyl (C=O) groups excluding carboxylic acids is 1. The number of hydrogen-bond donors (Lipinski definition) is 2. The number of nitrogen functional groups attached to an aromatic ring is 1. The maximum Gasteiger partial charge on any atom is 0.418 e. The van der Waals surface area contributed by atoms with Crippen LogP contribution in [0.3, 0.4) is 0 Å². The Balaban J connectivity index is 2.26. The highest BCUT2D eigenvalue weighted by molar-refractivity contribution is 6.00. The van der Waals surface area contributed by atoms with Gasteiger partial charge in [0.15, 0.2) is 0 Å². The molecule has 3 N–H and O–H groups in total. The number of alkyl halides is 3. The van der Waals surface area contributed by atoms with E-state index in [1.54, 1.807) is 0 Å². The molecule has 3 nitrogen and oxygen atoms in total. The topological polar surface area (TPSA) is 55.1 Å². The molecule has 0 aromatic heterocycles. The number of anilines is 1. The lowest BCUT2D eigenvalue weighted by Crippen LogP contribution is -2.45. The van der Waals surface area contributed by atoms with Crippen LogP contribution in [0.2, 0.25) is 0 Å². The first kappa shape index (κ1) is 14.7. The van der Waals surface area contributed by atoms with Crippen molar-refractivity contribution in [2.24, 2.45) is 5.92 Å². The van der Waals surface area contributed by atoms with Crippen molar-refractivity contribution in [3.8, 4) is 0 Å². The highest BCUT2D eigenvalue weighted by Crippen LogP contribution is 2.40. The lowest BCUT2D eigenvalue weighted by Gasteiger charge is -2.26. The predicted octanol–water partition coefficient (Wildman–Crippen LogP) is 3.21. The SMILES string of the molecule is CC(C)(NC(=O)c1cccc(C(F)(F)F)c1N)C1CC1. The van der Waals surface area contributed by atoms with Gasteiger partial charge in [0.05, 0.1) is 16.8 Å². The van der Waals surface area contributed by atoms with Crippen LogP contribution in [0, 0.1) is 5.92 Å². The van der Waals surface area contributed by atoms with Gasteiger partial charge in [0.25, 0.3) is 5.91 Å². The molecule has 1 saturated carbocycles. The summed E-state index contributed by atoms with van der Waals surface area (Å²) in [5.74, 6) is -0.191. The summed E-state index contributed by atoms with van der Waals surface area (Å²) in [7, 11) is 0. The molecule has 1 aliphatic carbocycles. The largest absolute Gasteiger partial charge is 0.418 e. The molecule has 2 rings (SSSR count). The summed E-state index contributed by atoms with van der Waals surface area (Å²) >= 11 is 0. The lowest BCUT2D eigenvalue weighted by atomic mass is 9.97. The molecule has 0 atom stereocenters. The molecule has 0 aliphatic heterocycles. The summed E-state index contributed by atoms with van der Waals surface area (Å²) in [6, 6.07) is 3.37. The third kappa shape index (κ3) is 2.89. The summed E-state index contributed by atoms with van der Waals surface area (Å²) in [4.78, 5) is 12.1. The first-order valence-corrected chi connectivity index (χ1v) is 6.41. The minimum Gasteiger partial charge on any atom is -0.398 e. The van der Waals surface area contributed by atoms with E-state index in [0.717, 1.165) is 18.9 Å². The molecule has 0 heterocycles. The van der Waals surface area contributed by atoms with Crippen LogP contribution in [0.15, 0.2) is 18.2 Å². The molecule has 1 amide bonds. The molecule has 0 unspecified atom stereocenters. The van der Waals surface area contributed by atoms with Crippen molar-refractivity contribution in [1.29, 1.82) is 0 Å². The molecule has 1 aromatic carbocycles. The van der Waals surface area contributed by atoms with Crippen molar-refractivity contribution >= 4 is 11.6 Å². The van der Waals surface area contributed by atoms with Gasteiger partial charge in [0, 0.05) is 5.54 Å². The third-order valence-corrected chi connectivity index (χ3v) is 3.69. The second kappa shape index (κ2) is 4.68. The van der Waals surface area contributed by atoms with Gasteiger partial charge < -0.3 is 11.1 Å². The maximum atomic E-state index is 12.8. The number of para-hydroxylation sites is 1. The average Bonchev–Trinajstić information content (AvgIpc) is 3.10. The van der Waals surface area contributed by atoms with Gasteiger partial charge in [-0.05, 0) is 44.7 Å². The van der Waals surface area contributed by atoms with Crippen LogP contribution in [-0.2, 0) is 6.18 Å². The lowest BCUT2D eigenvalue weighted by molar-refractivity contribution is -0.136. The molecular weight excluding hydrogens is 269 g/mol. The van der Waals surface area contributed by atoms with E-state index in [2.05, 4.69) is 5.32 Å². The summed E-state index contributed by atoms with van der Waals surface area (Å²) in [5.41, 5.74) is 3.43. The first-order chi connectivity index (χ1) is 9.13. The summed E-state index contributed by atoms with van der Waals surface area (Å²) in [5, 5.41) is 2.77. The van der Waals surface area contributed by atoms with Crippen LogP contribution >= 0.6 is 0 Å². The van der Waals surface area contributed by atoms with Gasteiger partial charge in [-0.15, -0.1) is 0 Å². The van der Waals surface area contributed by atoms with Crippen molar-refractivity contribution in [3.63, 3.8) is 0 Å². The molecule has 1 aliphatic rings. The van der Waals surface area contributed by atoms with E-state index < -0.39 is 28.9 Å². The molecule has 1 aromatic rings. The Morgan fingerprint density at radius 2 is 1.90 bits per heavy atom. The zero-order valence-electron chi connectivity index (χ0n) is 11.3. The minimum absolute atomic E-state index is 0.131. The Labute approximate surface area is 115 Å². The summed E-state index contributed by atoms with van der Waals surface area (Å²) in [6.07, 6.45) is -2.52. The van der Waals surface area contributed by atoms with E-state index in [-0.39, 0.29) is 5.56 Å². The molecular formula is C14H17F3N2O. The Morgan fingerprint density at radius 1 is 1.30 bits per heavy atom. The molecule has 1 fully saturated rings. The van der Waals surface area contributed by atoms with Crippen molar-refractivity contribution in [2.45, 2.75) is 38.4 Å². The average molecular weight is 286 g/mol. The fourth-order valence-corrected chi connectivity index (χ4v) is 2.28. The molecule has 0 bridgehead atoms. The molecule has 110 valence electrons. The minimum atomic E-state index is -4.56. The Hall–Kier alpha value is -1.72. The number of amides is 1.